The maximum Gasteiger partial charge on any atom is 0.171 e. The lowest BCUT2D eigenvalue weighted by atomic mass is 9.99. The number of hydrogen-bond donors (Lipinski definition) is 2. The zero-order chi connectivity index (χ0) is 17.0. The minimum atomic E-state index is 0.222. The van der Waals surface area contributed by atoms with Crippen LogP contribution in [-0.4, -0.2) is 5.11 Å². The third-order valence-electron chi connectivity index (χ3n) is 4.28. The summed E-state index contributed by atoms with van der Waals surface area (Å²) >= 11 is 5.51. The van der Waals surface area contributed by atoms with Crippen LogP contribution in [0.5, 0.6) is 0 Å². The number of aryl methyl sites for hydroxylation is 4. The van der Waals surface area contributed by atoms with Crippen LogP contribution in [0.15, 0.2) is 36.4 Å². The van der Waals surface area contributed by atoms with Gasteiger partial charge in [-0.3, -0.25) is 0 Å². The van der Waals surface area contributed by atoms with Crippen LogP contribution in [0.2, 0.25) is 0 Å². The van der Waals surface area contributed by atoms with Gasteiger partial charge in [-0.15, -0.1) is 0 Å². The van der Waals surface area contributed by atoms with Gasteiger partial charge >= 0.3 is 0 Å². The Hall–Kier alpha value is -1.87. The average Bonchev–Trinajstić information content (AvgIpc) is 2.50. The zero-order valence-corrected chi connectivity index (χ0v) is 15.5. The second-order valence-electron chi connectivity index (χ2n) is 6.22. The first-order valence-electron chi connectivity index (χ1n) is 8.12. The molecule has 23 heavy (non-hydrogen) atoms. The van der Waals surface area contributed by atoms with Gasteiger partial charge in [0.05, 0.1) is 6.04 Å². The second kappa shape index (κ2) is 7.60. The Bertz CT molecular complexity index is 707. The molecule has 0 aliphatic carbocycles. The molecule has 3 heteroatoms. The molecular formula is C20H26N2S. The molecule has 0 aromatic heterocycles. The van der Waals surface area contributed by atoms with Crippen LogP contribution < -0.4 is 10.6 Å². The van der Waals surface area contributed by atoms with Gasteiger partial charge in [-0.1, -0.05) is 42.8 Å². The topological polar surface area (TPSA) is 24.1 Å². The average molecular weight is 327 g/mol. The number of benzene rings is 2. The molecule has 2 aromatic carbocycles. The van der Waals surface area contributed by atoms with Crippen LogP contribution in [0, 0.1) is 27.7 Å². The number of hydrogen-bond acceptors (Lipinski definition) is 1. The smallest absolute Gasteiger partial charge is 0.171 e. The molecule has 122 valence electrons. The fraction of sp³-hybridized carbons (Fsp3) is 0.350. The third-order valence-corrected chi connectivity index (χ3v) is 4.50. The van der Waals surface area contributed by atoms with E-state index in [9.17, 15) is 0 Å². The molecule has 0 aliphatic heterocycles. The molecule has 0 radical (unpaired) electrons. The maximum absolute atomic E-state index is 5.51. The van der Waals surface area contributed by atoms with Gasteiger partial charge in [0.25, 0.3) is 0 Å². The van der Waals surface area contributed by atoms with E-state index in [0.717, 1.165) is 12.1 Å². The number of thiocarbonyl (C=S) groups is 1. The van der Waals surface area contributed by atoms with E-state index in [0.29, 0.717) is 5.11 Å². The summed E-state index contributed by atoms with van der Waals surface area (Å²) in [5.41, 5.74) is 7.43. The highest BCUT2D eigenvalue weighted by molar-refractivity contribution is 7.80. The van der Waals surface area contributed by atoms with Gasteiger partial charge in [-0.25, -0.2) is 0 Å². The Balaban J connectivity index is 2.08. The summed E-state index contributed by atoms with van der Waals surface area (Å²) in [5, 5.41) is 7.43. The number of nitrogens with one attached hydrogen (secondary N) is 2. The Kier molecular flexibility index (Phi) is 5.78. The van der Waals surface area contributed by atoms with Crippen molar-refractivity contribution in [2.24, 2.45) is 0 Å². The first kappa shape index (κ1) is 17.5. The van der Waals surface area contributed by atoms with Crippen molar-refractivity contribution in [1.82, 2.24) is 5.32 Å². The molecule has 0 spiro atoms. The van der Waals surface area contributed by atoms with Crippen LogP contribution in [0.4, 0.5) is 5.69 Å². The van der Waals surface area contributed by atoms with Crippen LogP contribution in [0.1, 0.15) is 47.2 Å². The molecule has 0 unspecified atom stereocenters. The molecule has 0 fully saturated rings. The summed E-state index contributed by atoms with van der Waals surface area (Å²) in [7, 11) is 0. The summed E-state index contributed by atoms with van der Waals surface area (Å²) in [6.07, 6.45) is 0.983. The minimum Gasteiger partial charge on any atom is -0.356 e. The molecule has 0 saturated carbocycles. The van der Waals surface area contributed by atoms with Gasteiger partial charge in [0.2, 0.25) is 0 Å². The van der Waals surface area contributed by atoms with E-state index in [1.54, 1.807) is 0 Å². The summed E-state index contributed by atoms with van der Waals surface area (Å²) in [6, 6.07) is 13.2. The fourth-order valence-corrected chi connectivity index (χ4v) is 2.93. The molecule has 0 saturated heterocycles. The minimum absolute atomic E-state index is 0.222. The zero-order valence-electron chi connectivity index (χ0n) is 14.7. The van der Waals surface area contributed by atoms with E-state index in [4.69, 9.17) is 12.2 Å². The third kappa shape index (κ3) is 4.55. The van der Waals surface area contributed by atoms with E-state index < -0.39 is 0 Å². The van der Waals surface area contributed by atoms with Crippen molar-refractivity contribution >= 4 is 23.0 Å². The van der Waals surface area contributed by atoms with E-state index in [1.165, 1.54) is 27.8 Å². The van der Waals surface area contributed by atoms with Crippen molar-refractivity contribution < 1.29 is 0 Å². The monoisotopic (exact) mass is 326 g/mol. The van der Waals surface area contributed by atoms with Crippen LogP contribution >= 0.6 is 12.2 Å². The van der Waals surface area contributed by atoms with Gasteiger partial charge in [0, 0.05) is 5.69 Å². The fourth-order valence-electron chi connectivity index (χ4n) is 2.67. The quantitative estimate of drug-likeness (QED) is 0.740. The number of anilines is 1. The van der Waals surface area contributed by atoms with Gasteiger partial charge in [-0.05, 0) is 74.7 Å². The largest absolute Gasteiger partial charge is 0.356 e. The van der Waals surface area contributed by atoms with Crippen molar-refractivity contribution in [3.05, 3.63) is 64.2 Å². The summed E-state index contributed by atoms with van der Waals surface area (Å²) in [4.78, 5) is 0. The molecule has 2 N–H and O–H groups in total. The molecule has 0 heterocycles. The molecule has 2 nitrogen and oxygen atoms in total. The highest BCUT2D eigenvalue weighted by Gasteiger charge is 2.12. The summed E-state index contributed by atoms with van der Waals surface area (Å²) in [5.74, 6) is 0. The first-order chi connectivity index (χ1) is 10.9. The molecule has 0 bridgehead atoms. The molecule has 2 rings (SSSR count). The Morgan fingerprint density at radius 3 is 2.30 bits per heavy atom. The van der Waals surface area contributed by atoms with Crippen molar-refractivity contribution in [3.63, 3.8) is 0 Å². The number of rotatable bonds is 4. The standard InChI is InChI=1S/C20H26N2S/c1-6-18(17-9-8-14(3)15(4)12-17)21-20(23)22-19-10-7-13(2)11-16(19)5/h7-12,18H,6H2,1-5H3,(H2,21,22,23)/t18-/m0/s1. The summed E-state index contributed by atoms with van der Waals surface area (Å²) < 4.78 is 0. The van der Waals surface area contributed by atoms with Crippen molar-refractivity contribution in [2.75, 3.05) is 5.32 Å². The molecule has 2 aromatic rings. The maximum atomic E-state index is 5.51. The van der Waals surface area contributed by atoms with Crippen molar-refractivity contribution in [1.29, 1.82) is 0 Å². The Labute approximate surface area is 145 Å². The van der Waals surface area contributed by atoms with Crippen LogP contribution in [0.3, 0.4) is 0 Å². The predicted molar refractivity (Wildman–Crippen MR) is 104 cm³/mol. The Morgan fingerprint density at radius 1 is 0.957 bits per heavy atom. The van der Waals surface area contributed by atoms with Gasteiger partial charge < -0.3 is 10.6 Å². The van der Waals surface area contributed by atoms with Gasteiger partial charge in [0.15, 0.2) is 5.11 Å². The SMILES string of the molecule is CC[C@H](NC(=S)Nc1ccc(C)cc1C)c1ccc(C)c(C)c1. The van der Waals surface area contributed by atoms with Gasteiger partial charge in [0.1, 0.15) is 0 Å². The lowest BCUT2D eigenvalue weighted by Crippen LogP contribution is -2.32. The normalized spacial score (nSPS) is 11.9. The van der Waals surface area contributed by atoms with E-state index in [1.807, 2.05) is 0 Å². The lowest BCUT2D eigenvalue weighted by Gasteiger charge is -2.21. The first-order valence-corrected chi connectivity index (χ1v) is 8.53. The van der Waals surface area contributed by atoms with E-state index in [-0.39, 0.29) is 6.04 Å². The van der Waals surface area contributed by atoms with Crippen molar-refractivity contribution in [3.8, 4) is 0 Å². The van der Waals surface area contributed by atoms with Crippen LogP contribution in [0.25, 0.3) is 0 Å². The van der Waals surface area contributed by atoms with E-state index >= 15 is 0 Å². The molecule has 1 atom stereocenters. The Morgan fingerprint density at radius 2 is 1.70 bits per heavy atom. The molecular weight excluding hydrogens is 300 g/mol. The van der Waals surface area contributed by atoms with Crippen LogP contribution in [-0.2, 0) is 0 Å². The lowest BCUT2D eigenvalue weighted by molar-refractivity contribution is 0.628. The highest BCUT2D eigenvalue weighted by atomic mass is 32.1. The molecule has 0 amide bonds. The molecule has 0 aliphatic rings. The van der Waals surface area contributed by atoms with E-state index in [2.05, 4.69) is 81.7 Å². The second-order valence-corrected chi connectivity index (χ2v) is 6.63. The van der Waals surface area contributed by atoms with Crippen molar-refractivity contribution in [2.45, 2.75) is 47.1 Å². The van der Waals surface area contributed by atoms with Gasteiger partial charge in [-0.2, -0.15) is 0 Å². The highest BCUT2D eigenvalue weighted by Crippen LogP contribution is 2.21. The predicted octanol–water partition coefficient (Wildman–Crippen LogP) is 5.36. The summed E-state index contributed by atoms with van der Waals surface area (Å²) in [6.45, 7) is 10.7.